The van der Waals surface area contributed by atoms with Crippen LogP contribution < -0.4 is 10.0 Å². The molecule has 8 heteroatoms. The van der Waals surface area contributed by atoms with Crippen LogP contribution in [-0.2, 0) is 10.0 Å². The van der Waals surface area contributed by atoms with Gasteiger partial charge in [-0.15, -0.1) is 11.3 Å². The van der Waals surface area contributed by atoms with Gasteiger partial charge in [0.2, 0.25) is 10.0 Å². The van der Waals surface area contributed by atoms with Crippen molar-refractivity contribution in [3.63, 3.8) is 0 Å². The highest BCUT2D eigenvalue weighted by Crippen LogP contribution is 2.29. The summed E-state index contributed by atoms with van der Waals surface area (Å²) >= 11 is 1.60. The minimum Gasteiger partial charge on any atom is -0.387 e. The van der Waals surface area contributed by atoms with Crippen molar-refractivity contribution in [2.24, 2.45) is 0 Å². The van der Waals surface area contributed by atoms with Gasteiger partial charge < -0.3 is 10.4 Å². The van der Waals surface area contributed by atoms with E-state index in [1.165, 1.54) is 0 Å². The molecule has 4 rings (SSSR count). The van der Waals surface area contributed by atoms with Crippen LogP contribution in [0.2, 0.25) is 0 Å². The molecule has 156 valence electrons. The van der Waals surface area contributed by atoms with E-state index in [9.17, 15) is 13.5 Å². The van der Waals surface area contributed by atoms with Crippen molar-refractivity contribution in [2.75, 3.05) is 13.1 Å². The van der Waals surface area contributed by atoms with Gasteiger partial charge in [-0.25, -0.2) is 13.1 Å². The first-order valence-corrected chi connectivity index (χ1v) is 12.0. The molecule has 2 aromatic heterocycles. The number of benzene rings is 2. The molecule has 0 spiro atoms. The Bertz CT molecular complexity index is 1270. The van der Waals surface area contributed by atoms with Gasteiger partial charge in [0.15, 0.2) is 0 Å². The Labute approximate surface area is 179 Å². The number of nitrogens with zero attached hydrogens (tertiary/aromatic N) is 1. The fraction of sp³-hybridized carbons (Fsp3) is 0.227. The third-order valence-electron chi connectivity index (χ3n) is 4.94. The number of thiophene rings is 1. The lowest BCUT2D eigenvalue weighted by Gasteiger charge is -2.17. The highest BCUT2D eigenvalue weighted by molar-refractivity contribution is 7.89. The average Bonchev–Trinajstić information content (AvgIpc) is 3.17. The number of nitrogens with one attached hydrogen (secondary N) is 2. The lowest BCUT2D eigenvalue weighted by Crippen LogP contribution is -2.40. The third-order valence-corrected chi connectivity index (χ3v) is 7.51. The fourth-order valence-electron chi connectivity index (χ4n) is 3.41. The van der Waals surface area contributed by atoms with Crippen LogP contribution in [0.25, 0.3) is 20.9 Å². The van der Waals surface area contributed by atoms with E-state index in [2.05, 4.69) is 15.0 Å². The average molecular weight is 442 g/mol. The summed E-state index contributed by atoms with van der Waals surface area (Å²) in [4.78, 5) is 4.26. The SMILES string of the molecule is C[C@H](CNCC(O)c1csc2ccccc12)NS(=O)(=O)c1ccc2cnccc2c1. The lowest BCUT2D eigenvalue weighted by molar-refractivity contribution is 0.176. The summed E-state index contributed by atoms with van der Waals surface area (Å²) in [6.45, 7) is 2.54. The van der Waals surface area contributed by atoms with Crippen molar-refractivity contribution >= 4 is 42.2 Å². The van der Waals surface area contributed by atoms with Crippen molar-refractivity contribution in [1.29, 1.82) is 0 Å². The number of rotatable bonds is 8. The van der Waals surface area contributed by atoms with Crippen molar-refractivity contribution in [3.05, 3.63) is 71.9 Å². The molecule has 3 N–H and O–H groups in total. The molecule has 1 unspecified atom stereocenters. The van der Waals surface area contributed by atoms with E-state index in [1.807, 2.05) is 29.6 Å². The topological polar surface area (TPSA) is 91.3 Å². The van der Waals surface area contributed by atoms with Gasteiger partial charge in [-0.05, 0) is 47.3 Å². The van der Waals surface area contributed by atoms with Crippen LogP contribution in [0.1, 0.15) is 18.6 Å². The summed E-state index contributed by atoms with van der Waals surface area (Å²) in [5, 5.41) is 18.4. The molecule has 0 fully saturated rings. The number of fused-ring (bicyclic) bond motifs is 2. The Kier molecular flexibility index (Phi) is 6.12. The minimum atomic E-state index is -3.64. The first kappa shape index (κ1) is 20.9. The summed E-state index contributed by atoms with van der Waals surface area (Å²) in [7, 11) is -3.64. The summed E-state index contributed by atoms with van der Waals surface area (Å²) in [6, 6.07) is 14.4. The maximum atomic E-state index is 12.7. The second-order valence-corrected chi connectivity index (χ2v) is 9.89. The maximum Gasteiger partial charge on any atom is 0.240 e. The largest absolute Gasteiger partial charge is 0.387 e. The van der Waals surface area contributed by atoms with Gasteiger partial charge in [-0.1, -0.05) is 24.3 Å². The molecule has 4 aromatic rings. The predicted molar refractivity (Wildman–Crippen MR) is 121 cm³/mol. The van der Waals surface area contributed by atoms with Crippen molar-refractivity contribution in [1.82, 2.24) is 15.0 Å². The highest BCUT2D eigenvalue weighted by atomic mass is 32.2. The molecule has 6 nitrogen and oxygen atoms in total. The van der Waals surface area contributed by atoms with Crippen LogP contribution in [0.3, 0.4) is 0 Å². The summed E-state index contributed by atoms with van der Waals surface area (Å²) < 4.78 is 29.3. The van der Waals surface area contributed by atoms with Crippen LogP contribution in [0, 0.1) is 0 Å². The van der Waals surface area contributed by atoms with Gasteiger partial charge in [0, 0.05) is 47.2 Å². The summed E-state index contributed by atoms with van der Waals surface area (Å²) in [5.74, 6) is 0. The van der Waals surface area contributed by atoms with E-state index < -0.39 is 16.1 Å². The van der Waals surface area contributed by atoms with Crippen LogP contribution in [0.15, 0.2) is 71.2 Å². The van der Waals surface area contributed by atoms with Crippen molar-refractivity contribution < 1.29 is 13.5 Å². The van der Waals surface area contributed by atoms with Gasteiger partial charge in [-0.3, -0.25) is 4.98 Å². The van der Waals surface area contributed by atoms with E-state index in [0.29, 0.717) is 13.1 Å². The van der Waals surface area contributed by atoms with Crippen LogP contribution in [-0.4, -0.2) is 37.6 Å². The first-order valence-electron chi connectivity index (χ1n) is 9.65. The fourth-order valence-corrected chi connectivity index (χ4v) is 5.69. The molecule has 2 atom stereocenters. The zero-order valence-electron chi connectivity index (χ0n) is 16.4. The molecule has 0 amide bonds. The van der Waals surface area contributed by atoms with E-state index in [1.54, 1.807) is 54.9 Å². The molecule has 30 heavy (non-hydrogen) atoms. The molecule has 0 aliphatic rings. The molecule has 0 aliphatic heterocycles. The summed E-state index contributed by atoms with van der Waals surface area (Å²) in [5.41, 5.74) is 0.891. The summed E-state index contributed by atoms with van der Waals surface area (Å²) in [6.07, 6.45) is 2.69. The smallest absolute Gasteiger partial charge is 0.240 e. The maximum absolute atomic E-state index is 12.7. The molecule has 0 bridgehead atoms. The van der Waals surface area contributed by atoms with Gasteiger partial charge >= 0.3 is 0 Å². The molecule has 0 aliphatic carbocycles. The van der Waals surface area contributed by atoms with E-state index in [-0.39, 0.29) is 10.9 Å². The molecule has 2 aromatic carbocycles. The molecule has 0 radical (unpaired) electrons. The van der Waals surface area contributed by atoms with Crippen molar-refractivity contribution in [2.45, 2.75) is 24.0 Å². The number of aromatic nitrogens is 1. The second-order valence-electron chi connectivity index (χ2n) is 7.27. The van der Waals surface area contributed by atoms with Crippen molar-refractivity contribution in [3.8, 4) is 0 Å². The van der Waals surface area contributed by atoms with E-state index in [4.69, 9.17) is 0 Å². The van der Waals surface area contributed by atoms with Gasteiger partial charge in [0.05, 0.1) is 11.0 Å². The van der Waals surface area contributed by atoms with Crippen LogP contribution in [0.4, 0.5) is 0 Å². The molecular weight excluding hydrogens is 418 g/mol. The number of sulfonamides is 1. The van der Waals surface area contributed by atoms with Crippen LogP contribution >= 0.6 is 11.3 Å². The Hall–Kier alpha value is -2.36. The molecular formula is C22H23N3O3S2. The predicted octanol–water partition coefficient (Wildman–Crippen LogP) is 3.44. The Balaban J connectivity index is 1.35. The Morgan fingerprint density at radius 2 is 1.93 bits per heavy atom. The second kappa shape index (κ2) is 8.79. The number of aliphatic hydroxyl groups excluding tert-OH is 1. The normalized spacial score (nSPS) is 14.2. The van der Waals surface area contributed by atoms with E-state index >= 15 is 0 Å². The third kappa shape index (κ3) is 4.53. The minimum absolute atomic E-state index is 0.220. The van der Waals surface area contributed by atoms with Crippen LogP contribution in [0.5, 0.6) is 0 Å². The van der Waals surface area contributed by atoms with Gasteiger partial charge in [0.1, 0.15) is 0 Å². The molecule has 0 saturated carbocycles. The number of aliphatic hydroxyl groups is 1. The van der Waals surface area contributed by atoms with Gasteiger partial charge in [-0.2, -0.15) is 0 Å². The number of hydrogen-bond donors (Lipinski definition) is 3. The van der Waals surface area contributed by atoms with E-state index in [0.717, 1.165) is 26.4 Å². The quantitative estimate of drug-likeness (QED) is 0.390. The molecule has 2 heterocycles. The highest BCUT2D eigenvalue weighted by Gasteiger charge is 2.18. The Morgan fingerprint density at radius 3 is 2.80 bits per heavy atom. The first-order chi connectivity index (χ1) is 14.4. The Morgan fingerprint density at radius 1 is 1.10 bits per heavy atom. The zero-order chi connectivity index (χ0) is 21.1. The lowest BCUT2D eigenvalue weighted by atomic mass is 10.1. The standard InChI is InChI=1S/C22H23N3O3S2/c1-15(11-24-13-21(26)20-14-29-22-5-3-2-4-19(20)22)25-30(27,28)18-7-6-17-12-23-9-8-16(17)10-18/h2-10,12,14-15,21,24-26H,11,13H2,1H3/t15-,21?/m1/s1. The number of hydrogen-bond acceptors (Lipinski definition) is 6. The zero-order valence-corrected chi connectivity index (χ0v) is 18.1. The number of pyridine rings is 1. The monoisotopic (exact) mass is 441 g/mol. The molecule has 0 saturated heterocycles. The van der Waals surface area contributed by atoms with Gasteiger partial charge in [0.25, 0.3) is 0 Å².